The summed E-state index contributed by atoms with van der Waals surface area (Å²) in [5.74, 6) is 0. The number of hydrogen-bond acceptors (Lipinski definition) is 2. The lowest BCUT2D eigenvalue weighted by atomic mass is 9.92. The maximum absolute atomic E-state index is 6.18. The van der Waals surface area contributed by atoms with Crippen LogP contribution in [0.5, 0.6) is 0 Å². The monoisotopic (exact) mass is 307 g/mol. The predicted octanol–water partition coefficient (Wildman–Crippen LogP) is 4.31. The molecule has 1 aliphatic heterocycles. The zero-order valence-electron chi connectivity index (χ0n) is 10.2. The summed E-state index contributed by atoms with van der Waals surface area (Å²) in [7, 11) is 0. The van der Waals surface area contributed by atoms with Gasteiger partial charge in [0, 0.05) is 35.9 Å². The SMILES string of the molecule is CC1(NCc2c(Cl)ccc(Cl)c2Cl)CCOCC1. The molecule has 0 atom stereocenters. The molecule has 100 valence electrons. The van der Waals surface area contributed by atoms with Gasteiger partial charge in [0.1, 0.15) is 0 Å². The molecule has 0 aliphatic carbocycles. The molecular formula is C13H16Cl3NO. The molecule has 1 fully saturated rings. The van der Waals surface area contributed by atoms with Crippen LogP contribution < -0.4 is 5.32 Å². The van der Waals surface area contributed by atoms with E-state index in [4.69, 9.17) is 39.5 Å². The molecule has 1 saturated heterocycles. The van der Waals surface area contributed by atoms with Crippen molar-refractivity contribution in [3.8, 4) is 0 Å². The number of ether oxygens (including phenoxy) is 1. The topological polar surface area (TPSA) is 21.3 Å². The maximum Gasteiger partial charge on any atom is 0.0652 e. The van der Waals surface area contributed by atoms with Gasteiger partial charge < -0.3 is 10.1 Å². The minimum Gasteiger partial charge on any atom is -0.381 e. The largest absolute Gasteiger partial charge is 0.381 e. The zero-order chi connectivity index (χ0) is 13.2. The van der Waals surface area contributed by atoms with E-state index in [0.717, 1.165) is 31.6 Å². The summed E-state index contributed by atoms with van der Waals surface area (Å²) >= 11 is 18.3. The Morgan fingerprint density at radius 2 is 1.78 bits per heavy atom. The van der Waals surface area contributed by atoms with Gasteiger partial charge in [-0.2, -0.15) is 0 Å². The molecule has 0 saturated carbocycles. The van der Waals surface area contributed by atoms with Gasteiger partial charge in [-0.1, -0.05) is 34.8 Å². The Bertz CT molecular complexity index is 430. The van der Waals surface area contributed by atoms with Crippen molar-refractivity contribution in [1.82, 2.24) is 5.32 Å². The van der Waals surface area contributed by atoms with Crippen molar-refractivity contribution >= 4 is 34.8 Å². The van der Waals surface area contributed by atoms with E-state index < -0.39 is 0 Å². The standard InChI is InChI=1S/C13H16Cl3NO/c1-13(4-6-18-7-5-13)17-8-9-10(14)2-3-11(15)12(9)16/h2-3,17H,4-8H2,1H3. The third kappa shape index (κ3) is 3.31. The fourth-order valence-corrected chi connectivity index (χ4v) is 2.71. The maximum atomic E-state index is 6.18. The van der Waals surface area contributed by atoms with Crippen LogP contribution in [0.3, 0.4) is 0 Å². The van der Waals surface area contributed by atoms with E-state index in [1.807, 2.05) is 0 Å². The van der Waals surface area contributed by atoms with Crippen LogP contribution in [-0.4, -0.2) is 18.8 Å². The molecule has 1 aliphatic rings. The van der Waals surface area contributed by atoms with Gasteiger partial charge >= 0.3 is 0 Å². The van der Waals surface area contributed by atoms with E-state index in [2.05, 4.69) is 12.2 Å². The minimum atomic E-state index is 0.0766. The van der Waals surface area contributed by atoms with Crippen LogP contribution in [0.1, 0.15) is 25.3 Å². The highest BCUT2D eigenvalue weighted by Gasteiger charge is 2.27. The molecule has 2 rings (SSSR count). The van der Waals surface area contributed by atoms with E-state index in [1.54, 1.807) is 12.1 Å². The van der Waals surface area contributed by atoms with Crippen LogP contribution in [0.2, 0.25) is 15.1 Å². The minimum absolute atomic E-state index is 0.0766. The molecule has 18 heavy (non-hydrogen) atoms. The Balaban J connectivity index is 2.08. The number of halogens is 3. The summed E-state index contributed by atoms with van der Waals surface area (Å²) in [6.45, 7) is 4.40. The smallest absolute Gasteiger partial charge is 0.0652 e. The van der Waals surface area contributed by atoms with Crippen LogP contribution in [0.4, 0.5) is 0 Å². The number of rotatable bonds is 3. The van der Waals surface area contributed by atoms with Crippen molar-refractivity contribution in [1.29, 1.82) is 0 Å². The Morgan fingerprint density at radius 1 is 1.17 bits per heavy atom. The highest BCUT2D eigenvalue weighted by atomic mass is 35.5. The lowest BCUT2D eigenvalue weighted by Gasteiger charge is -2.35. The van der Waals surface area contributed by atoms with Crippen LogP contribution in [0, 0.1) is 0 Å². The van der Waals surface area contributed by atoms with E-state index in [9.17, 15) is 0 Å². The van der Waals surface area contributed by atoms with Gasteiger partial charge in [-0.15, -0.1) is 0 Å². The van der Waals surface area contributed by atoms with Gasteiger partial charge in [0.05, 0.1) is 10.0 Å². The Morgan fingerprint density at radius 3 is 2.44 bits per heavy atom. The fourth-order valence-electron chi connectivity index (χ4n) is 2.03. The second-order valence-corrected chi connectivity index (χ2v) is 6.04. The summed E-state index contributed by atoms with van der Waals surface area (Å²) in [5.41, 5.74) is 0.936. The molecule has 0 radical (unpaired) electrons. The lowest BCUT2D eigenvalue weighted by molar-refractivity contribution is 0.0446. The first kappa shape index (κ1) is 14.4. The Hall–Kier alpha value is 0.01000. The van der Waals surface area contributed by atoms with Crippen molar-refractivity contribution < 1.29 is 4.74 Å². The molecule has 1 aromatic rings. The normalized spacial score (nSPS) is 18.9. The quantitative estimate of drug-likeness (QED) is 0.840. The number of hydrogen-bond donors (Lipinski definition) is 1. The molecule has 1 heterocycles. The van der Waals surface area contributed by atoms with E-state index in [0.29, 0.717) is 21.6 Å². The predicted molar refractivity (Wildman–Crippen MR) is 76.8 cm³/mol. The van der Waals surface area contributed by atoms with Crippen LogP contribution >= 0.6 is 34.8 Å². The third-order valence-corrected chi connectivity index (χ3v) is 4.62. The van der Waals surface area contributed by atoms with Gasteiger partial charge in [0.15, 0.2) is 0 Å². The van der Waals surface area contributed by atoms with Gasteiger partial charge in [-0.05, 0) is 31.9 Å². The van der Waals surface area contributed by atoms with Gasteiger partial charge in [0.2, 0.25) is 0 Å². The molecule has 1 aromatic carbocycles. The molecule has 0 spiro atoms. The highest BCUT2D eigenvalue weighted by Crippen LogP contribution is 2.32. The molecule has 2 nitrogen and oxygen atoms in total. The lowest BCUT2D eigenvalue weighted by Crippen LogP contribution is -2.46. The Labute approximate surface area is 123 Å². The van der Waals surface area contributed by atoms with Crippen molar-refractivity contribution in [3.05, 3.63) is 32.8 Å². The van der Waals surface area contributed by atoms with Crippen molar-refractivity contribution in [2.75, 3.05) is 13.2 Å². The average Bonchev–Trinajstić information content (AvgIpc) is 2.35. The van der Waals surface area contributed by atoms with Crippen molar-refractivity contribution in [3.63, 3.8) is 0 Å². The van der Waals surface area contributed by atoms with Crippen LogP contribution in [0.15, 0.2) is 12.1 Å². The second kappa shape index (κ2) is 5.98. The zero-order valence-corrected chi connectivity index (χ0v) is 12.5. The van der Waals surface area contributed by atoms with Gasteiger partial charge in [-0.3, -0.25) is 0 Å². The van der Waals surface area contributed by atoms with Gasteiger partial charge in [-0.25, -0.2) is 0 Å². The number of benzene rings is 1. The molecular weight excluding hydrogens is 293 g/mol. The molecule has 0 amide bonds. The summed E-state index contributed by atoms with van der Waals surface area (Å²) in [4.78, 5) is 0. The van der Waals surface area contributed by atoms with Crippen LogP contribution in [-0.2, 0) is 11.3 Å². The molecule has 0 bridgehead atoms. The first-order valence-corrected chi connectivity index (χ1v) is 7.10. The molecule has 0 unspecified atom stereocenters. The molecule has 1 N–H and O–H groups in total. The van der Waals surface area contributed by atoms with Crippen molar-refractivity contribution in [2.24, 2.45) is 0 Å². The summed E-state index contributed by atoms with van der Waals surface area (Å²) in [6.07, 6.45) is 1.98. The number of nitrogens with one attached hydrogen (secondary N) is 1. The van der Waals surface area contributed by atoms with E-state index in [1.165, 1.54) is 0 Å². The van der Waals surface area contributed by atoms with Crippen molar-refractivity contribution in [2.45, 2.75) is 31.8 Å². The first-order valence-electron chi connectivity index (χ1n) is 5.97. The molecule has 0 aromatic heterocycles. The highest BCUT2D eigenvalue weighted by molar-refractivity contribution is 6.44. The molecule has 5 heteroatoms. The van der Waals surface area contributed by atoms with E-state index in [-0.39, 0.29) is 5.54 Å². The third-order valence-electron chi connectivity index (χ3n) is 3.43. The van der Waals surface area contributed by atoms with E-state index >= 15 is 0 Å². The Kier molecular flexibility index (Phi) is 4.79. The van der Waals surface area contributed by atoms with Crippen LogP contribution in [0.25, 0.3) is 0 Å². The van der Waals surface area contributed by atoms with Gasteiger partial charge in [0.25, 0.3) is 0 Å². The second-order valence-electron chi connectivity index (χ2n) is 4.85. The average molecular weight is 309 g/mol. The summed E-state index contributed by atoms with van der Waals surface area (Å²) < 4.78 is 5.37. The first-order chi connectivity index (χ1) is 8.52. The summed E-state index contributed by atoms with van der Waals surface area (Å²) in [6, 6.07) is 3.49. The summed E-state index contributed by atoms with van der Waals surface area (Å²) in [5, 5.41) is 5.23. The fraction of sp³-hybridized carbons (Fsp3) is 0.538.